The third-order valence-electron chi connectivity index (χ3n) is 3.04. The van der Waals surface area contributed by atoms with Crippen LogP contribution in [-0.2, 0) is 4.79 Å². The normalized spacial score (nSPS) is 14.3. The molecule has 20 heavy (non-hydrogen) atoms. The summed E-state index contributed by atoms with van der Waals surface area (Å²) in [7, 11) is 0. The van der Waals surface area contributed by atoms with E-state index in [0.29, 0.717) is 11.8 Å². The summed E-state index contributed by atoms with van der Waals surface area (Å²) in [5, 5.41) is 3.85. The van der Waals surface area contributed by atoms with Gasteiger partial charge in [-0.05, 0) is 40.9 Å². The van der Waals surface area contributed by atoms with Crippen LogP contribution in [0.4, 0.5) is 0 Å². The molecular formula is C14H12Br2N2O2. The number of nitrogens with one attached hydrogen (secondary N) is 1. The summed E-state index contributed by atoms with van der Waals surface area (Å²) in [6.07, 6.45) is 3.84. The van der Waals surface area contributed by atoms with Crippen molar-refractivity contribution in [3.05, 3.63) is 33.3 Å². The molecule has 104 valence electrons. The number of rotatable bonds is 4. The number of hydrogen-bond acceptors (Lipinski definition) is 3. The van der Waals surface area contributed by atoms with E-state index >= 15 is 0 Å². The molecule has 0 bridgehead atoms. The molecular weight excluding hydrogens is 388 g/mol. The summed E-state index contributed by atoms with van der Waals surface area (Å²) in [5.41, 5.74) is 0.730. The number of aromatic nitrogens is 1. The smallest absolute Gasteiger partial charge is 0.258 e. The molecule has 6 heteroatoms. The molecule has 0 spiro atoms. The summed E-state index contributed by atoms with van der Waals surface area (Å²) >= 11 is 6.95. The SMILES string of the molecule is O=C(COc1c(Br)cc(Br)c2cccnc12)NC1CC1. The molecule has 1 aromatic carbocycles. The number of ether oxygens (including phenoxy) is 1. The Hall–Kier alpha value is -1.14. The van der Waals surface area contributed by atoms with E-state index in [4.69, 9.17) is 4.74 Å². The maximum Gasteiger partial charge on any atom is 0.258 e. The van der Waals surface area contributed by atoms with Crippen LogP contribution in [0.5, 0.6) is 5.75 Å². The largest absolute Gasteiger partial charge is 0.480 e. The van der Waals surface area contributed by atoms with Gasteiger partial charge in [0.1, 0.15) is 5.52 Å². The molecule has 1 N–H and O–H groups in total. The topological polar surface area (TPSA) is 51.2 Å². The summed E-state index contributed by atoms with van der Waals surface area (Å²) < 4.78 is 7.36. The first kappa shape index (κ1) is 13.8. The second-order valence-electron chi connectivity index (χ2n) is 4.70. The summed E-state index contributed by atoms with van der Waals surface area (Å²) in [4.78, 5) is 16.0. The highest BCUT2D eigenvalue weighted by Gasteiger charge is 2.23. The highest BCUT2D eigenvalue weighted by atomic mass is 79.9. The Morgan fingerprint density at radius 2 is 2.20 bits per heavy atom. The van der Waals surface area contributed by atoms with Gasteiger partial charge in [0, 0.05) is 22.1 Å². The number of hydrogen-bond donors (Lipinski definition) is 1. The van der Waals surface area contributed by atoms with E-state index in [2.05, 4.69) is 42.2 Å². The summed E-state index contributed by atoms with van der Waals surface area (Å²) in [6, 6.07) is 6.06. The van der Waals surface area contributed by atoms with Gasteiger partial charge in [-0.3, -0.25) is 9.78 Å². The lowest BCUT2D eigenvalue weighted by Gasteiger charge is -2.11. The Morgan fingerprint density at radius 3 is 2.95 bits per heavy atom. The van der Waals surface area contributed by atoms with Gasteiger partial charge in [-0.2, -0.15) is 0 Å². The van der Waals surface area contributed by atoms with Gasteiger partial charge in [0.15, 0.2) is 12.4 Å². The number of carbonyl (C=O) groups excluding carboxylic acids is 1. The van der Waals surface area contributed by atoms with Crippen molar-refractivity contribution in [2.75, 3.05) is 6.61 Å². The number of pyridine rings is 1. The van der Waals surface area contributed by atoms with Crippen molar-refractivity contribution in [3.63, 3.8) is 0 Å². The van der Waals surface area contributed by atoms with Crippen LogP contribution in [0.25, 0.3) is 10.9 Å². The number of nitrogens with zero attached hydrogens (tertiary/aromatic N) is 1. The molecule has 1 fully saturated rings. The van der Waals surface area contributed by atoms with Gasteiger partial charge in [-0.1, -0.05) is 22.0 Å². The van der Waals surface area contributed by atoms with Crippen LogP contribution in [0.3, 0.4) is 0 Å². The maximum absolute atomic E-state index is 11.7. The fraction of sp³-hybridized carbons (Fsp3) is 0.286. The fourth-order valence-corrected chi connectivity index (χ4v) is 3.31. The molecule has 4 nitrogen and oxygen atoms in total. The third kappa shape index (κ3) is 2.96. The van der Waals surface area contributed by atoms with E-state index in [-0.39, 0.29) is 12.5 Å². The average Bonchev–Trinajstić information content (AvgIpc) is 3.22. The first-order valence-electron chi connectivity index (χ1n) is 6.30. The minimum Gasteiger partial charge on any atom is -0.480 e. The molecule has 0 unspecified atom stereocenters. The van der Waals surface area contributed by atoms with Gasteiger partial charge in [-0.15, -0.1) is 0 Å². The lowest BCUT2D eigenvalue weighted by molar-refractivity contribution is -0.123. The van der Waals surface area contributed by atoms with Crippen molar-refractivity contribution in [1.82, 2.24) is 10.3 Å². The molecule has 1 aromatic heterocycles. The minimum atomic E-state index is -0.0913. The van der Waals surface area contributed by atoms with Crippen LogP contribution in [-0.4, -0.2) is 23.5 Å². The fourth-order valence-electron chi connectivity index (χ4n) is 1.92. The van der Waals surface area contributed by atoms with Crippen molar-refractivity contribution in [2.45, 2.75) is 18.9 Å². The van der Waals surface area contributed by atoms with E-state index in [1.165, 1.54) is 0 Å². The van der Waals surface area contributed by atoms with Crippen molar-refractivity contribution >= 4 is 48.7 Å². The molecule has 0 saturated heterocycles. The predicted octanol–water partition coefficient (Wildman–Crippen LogP) is 3.42. The van der Waals surface area contributed by atoms with Crippen LogP contribution in [0.15, 0.2) is 33.3 Å². The molecule has 1 aliphatic carbocycles. The monoisotopic (exact) mass is 398 g/mol. The van der Waals surface area contributed by atoms with Gasteiger partial charge in [0.2, 0.25) is 0 Å². The van der Waals surface area contributed by atoms with Gasteiger partial charge in [-0.25, -0.2) is 0 Å². The van der Waals surface area contributed by atoms with Crippen LogP contribution >= 0.6 is 31.9 Å². The number of benzene rings is 1. The third-order valence-corrected chi connectivity index (χ3v) is 4.29. The Morgan fingerprint density at radius 1 is 1.40 bits per heavy atom. The van der Waals surface area contributed by atoms with Gasteiger partial charge >= 0.3 is 0 Å². The van der Waals surface area contributed by atoms with Gasteiger partial charge < -0.3 is 10.1 Å². The predicted molar refractivity (Wildman–Crippen MR) is 83.8 cm³/mol. The Kier molecular flexibility index (Phi) is 3.94. The number of amides is 1. The molecule has 1 saturated carbocycles. The lowest BCUT2D eigenvalue weighted by atomic mass is 10.2. The molecule has 0 aliphatic heterocycles. The first-order chi connectivity index (χ1) is 9.65. The van der Waals surface area contributed by atoms with E-state index in [1.54, 1.807) is 6.20 Å². The zero-order chi connectivity index (χ0) is 14.1. The Balaban J connectivity index is 1.84. The average molecular weight is 400 g/mol. The number of carbonyl (C=O) groups is 1. The van der Waals surface area contributed by atoms with Crippen LogP contribution < -0.4 is 10.1 Å². The first-order valence-corrected chi connectivity index (χ1v) is 7.88. The number of fused-ring (bicyclic) bond motifs is 1. The Labute approximate surface area is 133 Å². The van der Waals surface area contributed by atoms with Crippen LogP contribution in [0, 0.1) is 0 Å². The van der Waals surface area contributed by atoms with E-state index in [0.717, 1.165) is 32.7 Å². The molecule has 3 rings (SSSR count). The lowest BCUT2D eigenvalue weighted by Crippen LogP contribution is -2.30. The minimum absolute atomic E-state index is 0.00239. The van der Waals surface area contributed by atoms with Gasteiger partial charge in [0.05, 0.1) is 4.47 Å². The summed E-state index contributed by atoms with van der Waals surface area (Å²) in [5.74, 6) is 0.501. The highest BCUT2D eigenvalue weighted by Crippen LogP contribution is 2.37. The second-order valence-corrected chi connectivity index (χ2v) is 6.41. The highest BCUT2D eigenvalue weighted by molar-refractivity contribution is 9.11. The van der Waals surface area contributed by atoms with Crippen LogP contribution in [0.2, 0.25) is 0 Å². The zero-order valence-corrected chi connectivity index (χ0v) is 13.7. The van der Waals surface area contributed by atoms with Crippen LogP contribution in [0.1, 0.15) is 12.8 Å². The number of halogens is 2. The quantitative estimate of drug-likeness (QED) is 0.856. The van der Waals surface area contributed by atoms with Gasteiger partial charge in [0.25, 0.3) is 5.91 Å². The van der Waals surface area contributed by atoms with E-state index in [9.17, 15) is 4.79 Å². The Bertz CT molecular complexity index is 672. The molecule has 0 radical (unpaired) electrons. The van der Waals surface area contributed by atoms with Crippen molar-refractivity contribution < 1.29 is 9.53 Å². The molecule has 1 amide bonds. The van der Waals surface area contributed by atoms with E-state index < -0.39 is 0 Å². The summed E-state index contributed by atoms with van der Waals surface area (Å²) in [6.45, 7) is 0.00239. The molecule has 1 aliphatic rings. The zero-order valence-electron chi connectivity index (χ0n) is 10.5. The molecule has 1 heterocycles. The maximum atomic E-state index is 11.7. The molecule has 0 atom stereocenters. The van der Waals surface area contributed by atoms with Crippen molar-refractivity contribution in [3.8, 4) is 5.75 Å². The molecule has 2 aromatic rings. The van der Waals surface area contributed by atoms with Crippen molar-refractivity contribution in [2.24, 2.45) is 0 Å². The standard InChI is InChI=1S/C14H12Br2N2O2/c15-10-6-11(16)14(13-9(10)2-1-5-17-13)20-7-12(19)18-8-3-4-8/h1-2,5-6,8H,3-4,7H2,(H,18,19). The van der Waals surface area contributed by atoms with Crippen molar-refractivity contribution in [1.29, 1.82) is 0 Å². The second kappa shape index (κ2) is 5.69. The van der Waals surface area contributed by atoms with E-state index in [1.807, 2.05) is 18.2 Å².